The molecule has 5 atom stereocenters. The van der Waals surface area contributed by atoms with E-state index in [0.717, 1.165) is 81.2 Å². The fourth-order valence-corrected chi connectivity index (χ4v) is 8.24. The van der Waals surface area contributed by atoms with Gasteiger partial charge in [0.05, 0.1) is 30.8 Å². The Bertz CT molecular complexity index is 1210. The van der Waals surface area contributed by atoms with Crippen molar-refractivity contribution in [2.75, 3.05) is 36.5 Å². The Morgan fingerprint density at radius 2 is 2.11 bits per heavy atom. The van der Waals surface area contributed by atoms with E-state index in [1.807, 2.05) is 24.4 Å². The summed E-state index contributed by atoms with van der Waals surface area (Å²) in [5.74, 6) is 2.36. The molecule has 2 N–H and O–H groups in total. The summed E-state index contributed by atoms with van der Waals surface area (Å²) in [4.78, 5) is 19.7. The number of benzene rings is 1. The fraction of sp³-hybridized carbons (Fsp3) is 0.567. The number of nitrogens with zero attached hydrogens (tertiary/aromatic N) is 3. The van der Waals surface area contributed by atoms with Crippen molar-refractivity contribution in [3.8, 4) is 0 Å². The number of nitrogens with one attached hydrogen (secondary N) is 1. The van der Waals surface area contributed by atoms with Gasteiger partial charge in [-0.3, -0.25) is 4.79 Å². The summed E-state index contributed by atoms with van der Waals surface area (Å²) in [6, 6.07) is 10.3. The van der Waals surface area contributed by atoms with Crippen LogP contribution in [0.3, 0.4) is 0 Å². The number of ether oxygens (including phenoxy) is 1. The molecular weight excluding hydrogens is 500 g/mol. The molecule has 38 heavy (non-hydrogen) atoms. The van der Waals surface area contributed by atoms with E-state index in [-0.39, 0.29) is 11.3 Å². The molecule has 0 spiro atoms. The molecule has 1 aliphatic heterocycles. The van der Waals surface area contributed by atoms with Crippen molar-refractivity contribution < 1.29 is 14.7 Å². The van der Waals surface area contributed by atoms with E-state index in [9.17, 15) is 10.0 Å². The Morgan fingerprint density at radius 1 is 1.26 bits per heavy atom. The molecule has 1 saturated heterocycles. The molecule has 3 unspecified atom stereocenters. The number of oxime groups is 1. The highest BCUT2D eigenvalue weighted by Gasteiger charge is 2.57. The number of hydrogen-bond donors (Lipinski definition) is 2. The van der Waals surface area contributed by atoms with Crippen LogP contribution >= 0.6 is 11.6 Å². The highest BCUT2D eigenvalue weighted by molar-refractivity contribution is 6.30. The predicted octanol–water partition coefficient (Wildman–Crippen LogP) is 5.90. The first-order valence-electron chi connectivity index (χ1n) is 14.0. The highest BCUT2D eigenvalue weighted by Crippen LogP contribution is 2.62. The van der Waals surface area contributed by atoms with Gasteiger partial charge in [0.25, 0.3) is 0 Å². The number of rotatable bonds is 5. The zero-order valence-electron chi connectivity index (χ0n) is 22.0. The Hall–Kier alpha value is -2.64. The van der Waals surface area contributed by atoms with E-state index >= 15 is 0 Å². The quantitative estimate of drug-likeness (QED) is 0.367. The van der Waals surface area contributed by atoms with E-state index in [4.69, 9.17) is 16.3 Å². The van der Waals surface area contributed by atoms with Crippen LogP contribution in [0, 0.1) is 23.2 Å². The van der Waals surface area contributed by atoms with Gasteiger partial charge in [-0.05, 0) is 97.6 Å². The number of aryl methyl sites for hydroxylation is 1. The van der Waals surface area contributed by atoms with Gasteiger partial charge >= 0.3 is 0 Å². The predicted molar refractivity (Wildman–Crippen MR) is 149 cm³/mol. The molecule has 0 bridgehead atoms. The van der Waals surface area contributed by atoms with Crippen molar-refractivity contribution in [1.29, 1.82) is 0 Å². The minimum atomic E-state index is -0.0993. The van der Waals surface area contributed by atoms with Gasteiger partial charge in [-0.15, -0.1) is 0 Å². The minimum Gasteiger partial charge on any atom is -0.411 e. The molecule has 6 rings (SSSR count). The summed E-state index contributed by atoms with van der Waals surface area (Å²) in [5.41, 5.74) is 4.71. The summed E-state index contributed by atoms with van der Waals surface area (Å²) in [6.07, 6.45) is 8.10. The number of hydrogen-bond acceptors (Lipinski definition) is 6. The van der Waals surface area contributed by atoms with E-state index < -0.39 is 0 Å². The summed E-state index contributed by atoms with van der Waals surface area (Å²) in [5, 5.41) is 17.5. The van der Waals surface area contributed by atoms with Crippen molar-refractivity contribution in [3.05, 3.63) is 52.7 Å². The normalized spacial score (nSPS) is 31.4. The smallest absolute Gasteiger partial charge is 0.225 e. The minimum absolute atomic E-state index is 0.0105. The fourth-order valence-electron chi connectivity index (χ4n) is 8.04. The number of anilines is 2. The van der Waals surface area contributed by atoms with Crippen molar-refractivity contribution in [2.24, 2.45) is 28.3 Å². The maximum Gasteiger partial charge on any atom is 0.225 e. The lowest BCUT2D eigenvalue weighted by Crippen LogP contribution is -2.44. The van der Waals surface area contributed by atoms with Crippen LogP contribution < -0.4 is 10.2 Å². The third-order valence-corrected chi connectivity index (χ3v) is 10.1. The van der Waals surface area contributed by atoms with Gasteiger partial charge in [0.2, 0.25) is 5.91 Å². The molecule has 2 saturated carbocycles. The van der Waals surface area contributed by atoms with Crippen LogP contribution in [-0.4, -0.2) is 48.1 Å². The number of amides is 1. The van der Waals surface area contributed by atoms with E-state index in [0.29, 0.717) is 35.9 Å². The lowest BCUT2D eigenvalue weighted by molar-refractivity contribution is -0.116. The molecule has 1 amide bonds. The molecule has 2 heterocycles. The maximum absolute atomic E-state index is 13.0. The number of pyridine rings is 1. The van der Waals surface area contributed by atoms with E-state index in [2.05, 4.69) is 39.4 Å². The van der Waals surface area contributed by atoms with E-state index in [1.165, 1.54) is 11.1 Å². The molecular formula is C30H37ClN4O3. The van der Waals surface area contributed by atoms with Crippen LogP contribution in [0.25, 0.3) is 0 Å². The third-order valence-electron chi connectivity index (χ3n) is 9.82. The maximum atomic E-state index is 13.0. The Kier molecular flexibility index (Phi) is 7.08. The third kappa shape index (κ3) is 4.68. The number of carbonyl (C=O) groups is 1. The standard InChI is InChI=1S/C30H37ClN4O3/c1-30-11-10-24-23-7-4-21(31)16-19(23)2-6-25(24)29(30)20(17-26(30)34-37)3-9-28(36)33-27-8-5-22(18-32-27)35-12-14-38-15-13-35/h4-5,7-8,16,18,20,24-25,29,37H,2-3,6,9-15,17H2,1H3,(H,32,33,36)/b34-26+/t20-,24?,25?,29?,30-/m1/s1. The lowest BCUT2D eigenvalue weighted by Gasteiger charge is -2.50. The average Bonchev–Trinajstić information content (AvgIpc) is 3.24. The zero-order chi connectivity index (χ0) is 26.3. The molecule has 1 aromatic heterocycles. The van der Waals surface area contributed by atoms with Crippen molar-refractivity contribution in [1.82, 2.24) is 4.98 Å². The first-order chi connectivity index (χ1) is 18.5. The summed E-state index contributed by atoms with van der Waals surface area (Å²) in [7, 11) is 0. The summed E-state index contributed by atoms with van der Waals surface area (Å²) < 4.78 is 5.42. The van der Waals surface area contributed by atoms with Gasteiger partial charge in [0.15, 0.2) is 0 Å². The Morgan fingerprint density at radius 3 is 2.87 bits per heavy atom. The van der Waals surface area contributed by atoms with Gasteiger partial charge in [-0.1, -0.05) is 29.7 Å². The molecule has 7 nitrogen and oxygen atoms in total. The van der Waals surface area contributed by atoms with Gasteiger partial charge in [0.1, 0.15) is 5.82 Å². The van der Waals surface area contributed by atoms with Crippen LogP contribution in [0.5, 0.6) is 0 Å². The molecule has 1 aromatic carbocycles. The van der Waals surface area contributed by atoms with Crippen LogP contribution in [0.1, 0.15) is 62.5 Å². The first-order valence-corrected chi connectivity index (χ1v) is 14.4. The van der Waals surface area contributed by atoms with Crippen molar-refractivity contribution >= 4 is 34.7 Å². The van der Waals surface area contributed by atoms with Gasteiger partial charge in [-0.2, -0.15) is 0 Å². The SMILES string of the molecule is C[C@]12CCC3c4ccc(Cl)cc4CCC3C1[C@H](CCC(=O)Nc1ccc(N3CCOCC3)cn1)C/C2=N\O. The second kappa shape index (κ2) is 10.5. The van der Waals surface area contributed by atoms with Gasteiger partial charge < -0.3 is 20.2 Å². The number of fused-ring (bicyclic) bond motifs is 5. The summed E-state index contributed by atoms with van der Waals surface area (Å²) in [6.45, 7) is 5.46. The van der Waals surface area contributed by atoms with Crippen LogP contribution in [0.2, 0.25) is 5.02 Å². The molecule has 3 fully saturated rings. The molecule has 0 radical (unpaired) electrons. The number of halogens is 1. The second-order valence-electron chi connectivity index (χ2n) is 11.7. The zero-order valence-corrected chi connectivity index (χ0v) is 22.8. The molecule has 8 heteroatoms. The molecule has 3 aliphatic carbocycles. The Balaban J connectivity index is 1.13. The molecule has 4 aliphatic rings. The van der Waals surface area contributed by atoms with E-state index in [1.54, 1.807) is 0 Å². The monoisotopic (exact) mass is 536 g/mol. The summed E-state index contributed by atoms with van der Waals surface area (Å²) >= 11 is 6.30. The van der Waals surface area contributed by atoms with Crippen LogP contribution in [-0.2, 0) is 16.0 Å². The van der Waals surface area contributed by atoms with Crippen LogP contribution in [0.15, 0.2) is 41.7 Å². The number of morpholine rings is 1. The van der Waals surface area contributed by atoms with Gasteiger partial charge in [-0.25, -0.2) is 4.98 Å². The highest BCUT2D eigenvalue weighted by atomic mass is 35.5. The van der Waals surface area contributed by atoms with Crippen molar-refractivity contribution in [2.45, 2.75) is 57.8 Å². The van der Waals surface area contributed by atoms with Gasteiger partial charge in [0, 0.05) is 29.9 Å². The number of aromatic nitrogens is 1. The lowest BCUT2D eigenvalue weighted by atomic mass is 9.54. The van der Waals surface area contributed by atoms with Crippen molar-refractivity contribution in [3.63, 3.8) is 0 Å². The largest absolute Gasteiger partial charge is 0.411 e. The molecule has 2 aromatic rings. The topological polar surface area (TPSA) is 87.1 Å². The molecule has 202 valence electrons. The van der Waals surface area contributed by atoms with Crippen LogP contribution in [0.4, 0.5) is 11.5 Å². The number of carbonyl (C=O) groups excluding carboxylic acids is 1. The Labute approximate surface area is 229 Å². The first kappa shape index (κ1) is 25.6. The second-order valence-corrected chi connectivity index (χ2v) is 12.2. The average molecular weight is 537 g/mol.